The maximum absolute atomic E-state index is 13.0. The number of rotatable bonds is 2. The van der Waals surface area contributed by atoms with Crippen LogP contribution in [0.1, 0.15) is 10.4 Å². The molecule has 0 saturated carbocycles. The minimum absolute atomic E-state index is 0.0503. The number of nitrogens with one attached hydrogen (secondary N) is 1. The van der Waals surface area contributed by atoms with Crippen molar-refractivity contribution in [3.05, 3.63) is 52.8 Å². The standard InChI is InChI=1S/C13H9ClFNO3/c14-8-5-4-7(15)6-9(8)16-13(19)12-10(17)2-1-3-11(12)18/h1-6,17-18H,(H,16,19). The van der Waals surface area contributed by atoms with Gasteiger partial charge in [-0.3, -0.25) is 4.79 Å². The number of benzene rings is 2. The summed E-state index contributed by atoms with van der Waals surface area (Å²) < 4.78 is 13.0. The molecule has 4 nitrogen and oxygen atoms in total. The Hall–Kier alpha value is -2.27. The molecule has 0 fully saturated rings. The molecule has 0 spiro atoms. The number of aromatic hydroxyl groups is 2. The molecule has 0 aliphatic heterocycles. The van der Waals surface area contributed by atoms with Crippen LogP contribution in [0.15, 0.2) is 36.4 Å². The van der Waals surface area contributed by atoms with Crippen LogP contribution >= 0.6 is 11.6 Å². The molecular formula is C13H9ClFNO3. The number of hydrogen-bond donors (Lipinski definition) is 3. The van der Waals surface area contributed by atoms with Gasteiger partial charge in [0.05, 0.1) is 10.7 Å². The first-order valence-corrected chi connectivity index (χ1v) is 5.64. The van der Waals surface area contributed by atoms with Crippen LogP contribution in [-0.2, 0) is 0 Å². The summed E-state index contributed by atoms with van der Waals surface area (Å²) in [4.78, 5) is 11.9. The van der Waals surface area contributed by atoms with Crippen molar-refractivity contribution < 1.29 is 19.4 Å². The third-order valence-corrected chi connectivity index (χ3v) is 2.75. The highest BCUT2D eigenvalue weighted by Crippen LogP contribution is 2.29. The highest BCUT2D eigenvalue weighted by atomic mass is 35.5. The van der Waals surface area contributed by atoms with Crippen LogP contribution in [-0.4, -0.2) is 16.1 Å². The summed E-state index contributed by atoms with van der Waals surface area (Å²) in [5, 5.41) is 21.5. The lowest BCUT2D eigenvalue weighted by Gasteiger charge is -2.09. The molecule has 2 rings (SSSR count). The molecule has 0 aliphatic carbocycles. The van der Waals surface area contributed by atoms with E-state index in [1.165, 1.54) is 24.3 Å². The van der Waals surface area contributed by atoms with Crippen LogP contribution in [0.5, 0.6) is 11.5 Å². The lowest BCUT2D eigenvalue weighted by atomic mass is 10.1. The average Bonchev–Trinajstić information content (AvgIpc) is 2.33. The number of phenols is 2. The lowest BCUT2D eigenvalue weighted by Crippen LogP contribution is -2.12. The molecular weight excluding hydrogens is 273 g/mol. The van der Waals surface area contributed by atoms with Gasteiger partial charge in [-0.2, -0.15) is 0 Å². The molecule has 0 aromatic heterocycles. The van der Waals surface area contributed by atoms with E-state index in [1.54, 1.807) is 0 Å². The predicted molar refractivity (Wildman–Crippen MR) is 69.1 cm³/mol. The molecule has 0 heterocycles. The van der Waals surface area contributed by atoms with E-state index in [9.17, 15) is 19.4 Å². The van der Waals surface area contributed by atoms with Gasteiger partial charge >= 0.3 is 0 Å². The Morgan fingerprint density at radius 3 is 2.42 bits per heavy atom. The van der Waals surface area contributed by atoms with Gasteiger partial charge in [0.2, 0.25) is 0 Å². The number of amides is 1. The molecule has 2 aromatic carbocycles. The molecule has 3 N–H and O–H groups in total. The van der Waals surface area contributed by atoms with Crippen molar-refractivity contribution in [2.75, 3.05) is 5.32 Å². The minimum atomic E-state index is -0.789. The molecule has 0 aliphatic rings. The normalized spacial score (nSPS) is 10.2. The average molecular weight is 282 g/mol. The quantitative estimate of drug-likeness (QED) is 0.792. The number of halogens is 2. The number of carbonyl (C=O) groups excluding carboxylic acids is 1. The Bertz CT molecular complexity index is 626. The van der Waals surface area contributed by atoms with E-state index in [4.69, 9.17) is 11.6 Å². The second kappa shape index (κ2) is 5.16. The van der Waals surface area contributed by atoms with Gasteiger partial charge in [-0.05, 0) is 30.3 Å². The Labute approximate surface area is 113 Å². The summed E-state index contributed by atoms with van der Waals surface area (Å²) in [5.74, 6) is -2.13. The molecule has 2 aromatic rings. The van der Waals surface area contributed by atoms with Gasteiger partial charge < -0.3 is 15.5 Å². The van der Waals surface area contributed by atoms with E-state index in [1.807, 2.05) is 0 Å². The number of phenolic OH excluding ortho intramolecular Hbond substituents is 2. The highest BCUT2D eigenvalue weighted by molar-refractivity contribution is 6.34. The zero-order chi connectivity index (χ0) is 14.0. The lowest BCUT2D eigenvalue weighted by molar-refractivity contribution is 0.102. The van der Waals surface area contributed by atoms with Gasteiger partial charge in [-0.15, -0.1) is 0 Å². The first-order valence-electron chi connectivity index (χ1n) is 5.26. The van der Waals surface area contributed by atoms with E-state index in [0.717, 1.165) is 12.1 Å². The monoisotopic (exact) mass is 281 g/mol. The van der Waals surface area contributed by atoms with Crippen molar-refractivity contribution in [2.45, 2.75) is 0 Å². The molecule has 19 heavy (non-hydrogen) atoms. The maximum atomic E-state index is 13.0. The summed E-state index contributed by atoms with van der Waals surface area (Å²) in [5.41, 5.74) is -0.253. The Morgan fingerprint density at radius 1 is 1.16 bits per heavy atom. The van der Waals surface area contributed by atoms with Crippen LogP contribution in [0.3, 0.4) is 0 Å². The Morgan fingerprint density at radius 2 is 1.79 bits per heavy atom. The summed E-state index contributed by atoms with van der Waals surface area (Å²) in [6.45, 7) is 0. The molecule has 0 radical (unpaired) electrons. The zero-order valence-corrected chi connectivity index (χ0v) is 10.3. The smallest absolute Gasteiger partial charge is 0.263 e. The maximum Gasteiger partial charge on any atom is 0.263 e. The van der Waals surface area contributed by atoms with Crippen molar-refractivity contribution in [2.24, 2.45) is 0 Å². The van der Waals surface area contributed by atoms with Gasteiger partial charge in [-0.1, -0.05) is 17.7 Å². The second-order valence-corrected chi connectivity index (χ2v) is 4.16. The van der Waals surface area contributed by atoms with Crippen LogP contribution in [0.4, 0.5) is 10.1 Å². The second-order valence-electron chi connectivity index (χ2n) is 3.75. The topological polar surface area (TPSA) is 69.6 Å². The van der Waals surface area contributed by atoms with Gasteiger partial charge in [0.1, 0.15) is 22.9 Å². The van der Waals surface area contributed by atoms with Crippen molar-refractivity contribution in [3.8, 4) is 11.5 Å². The number of carbonyl (C=O) groups is 1. The fraction of sp³-hybridized carbons (Fsp3) is 0. The van der Waals surface area contributed by atoms with Crippen molar-refractivity contribution in [1.82, 2.24) is 0 Å². The molecule has 98 valence electrons. The SMILES string of the molecule is O=C(Nc1cc(F)ccc1Cl)c1c(O)cccc1O. The van der Waals surface area contributed by atoms with E-state index in [0.29, 0.717) is 0 Å². The fourth-order valence-corrected chi connectivity index (χ4v) is 1.70. The van der Waals surface area contributed by atoms with E-state index < -0.39 is 11.7 Å². The number of anilines is 1. The molecule has 0 atom stereocenters. The van der Waals surface area contributed by atoms with E-state index >= 15 is 0 Å². The van der Waals surface area contributed by atoms with Crippen molar-refractivity contribution in [1.29, 1.82) is 0 Å². The van der Waals surface area contributed by atoms with Gasteiger partial charge in [0, 0.05) is 0 Å². The van der Waals surface area contributed by atoms with Crippen molar-refractivity contribution >= 4 is 23.2 Å². The first-order chi connectivity index (χ1) is 8.99. The van der Waals surface area contributed by atoms with E-state index in [-0.39, 0.29) is 27.8 Å². The molecule has 0 saturated heterocycles. The van der Waals surface area contributed by atoms with Crippen LogP contribution in [0.2, 0.25) is 5.02 Å². The fourth-order valence-electron chi connectivity index (χ4n) is 1.54. The third kappa shape index (κ3) is 2.77. The Kier molecular flexibility index (Phi) is 3.57. The van der Waals surface area contributed by atoms with Crippen LogP contribution in [0, 0.1) is 5.82 Å². The summed E-state index contributed by atoms with van der Waals surface area (Å²) in [6, 6.07) is 7.37. The summed E-state index contributed by atoms with van der Waals surface area (Å²) in [7, 11) is 0. The zero-order valence-electron chi connectivity index (χ0n) is 9.52. The largest absolute Gasteiger partial charge is 0.507 e. The van der Waals surface area contributed by atoms with Crippen LogP contribution in [0.25, 0.3) is 0 Å². The molecule has 6 heteroatoms. The third-order valence-electron chi connectivity index (χ3n) is 2.42. The van der Waals surface area contributed by atoms with E-state index in [2.05, 4.69) is 5.32 Å². The Balaban J connectivity index is 2.34. The molecule has 1 amide bonds. The predicted octanol–water partition coefficient (Wildman–Crippen LogP) is 3.14. The van der Waals surface area contributed by atoms with Gasteiger partial charge in [0.25, 0.3) is 5.91 Å². The van der Waals surface area contributed by atoms with Crippen molar-refractivity contribution in [3.63, 3.8) is 0 Å². The number of hydrogen-bond acceptors (Lipinski definition) is 3. The van der Waals surface area contributed by atoms with Gasteiger partial charge in [0.15, 0.2) is 0 Å². The first kappa shape index (κ1) is 13.2. The molecule has 0 unspecified atom stereocenters. The highest BCUT2D eigenvalue weighted by Gasteiger charge is 2.17. The summed E-state index contributed by atoms with van der Waals surface area (Å²) >= 11 is 5.80. The molecule has 0 bridgehead atoms. The van der Waals surface area contributed by atoms with Crippen LogP contribution < -0.4 is 5.32 Å². The van der Waals surface area contributed by atoms with Gasteiger partial charge in [-0.25, -0.2) is 4.39 Å². The minimum Gasteiger partial charge on any atom is -0.507 e. The summed E-state index contributed by atoms with van der Waals surface area (Å²) in [6.07, 6.45) is 0.